The van der Waals surface area contributed by atoms with Crippen LogP contribution in [0.5, 0.6) is 0 Å². The first-order valence-corrected chi connectivity index (χ1v) is 9.02. The number of rotatable bonds is 3. The van der Waals surface area contributed by atoms with Crippen molar-refractivity contribution in [2.24, 2.45) is 0 Å². The Balaban J connectivity index is 1.49. The third kappa shape index (κ3) is 4.06. The molecular formula is C19H21FN4O3. The van der Waals surface area contributed by atoms with E-state index in [0.29, 0.717) is 57.5 Å². The fraction of sp³-hybridized carbons (Fsp3) is 0.421. The molecule has 0 saturated carbocycles. The van der Waals surface area contributed by atoms with E-state index >= 15 is 0 Å². The molecule has 0 spiro atoms. The van der Waals surface area contributed by atoms with Gasteiger partial charge in [-0.05, 0) is 17.7 Å². The van der Waals surface area contributed by atoms with Crippen LogP contribution in [0.2, 0.25) is 0 Å². The number of morpholine rings is 2. The van der Waals surface area contributed by atoms with E-state index < -0.39 is 0 Å². The molecule has 0 radical (unpaired) electrons. The molecule has 1 atom stereocenters. The van der Waals surface area contributed by atoms with Gasteiger partial charge in [0.25, 0.3) is 5.91 Å². The van der Waals surface area contributed by atoms with Crippen LogP contribution in [0.25, 0.3) is 0 Å². The van der Waals surface area contributed by atoms with E-state index in [2.05, 4.69) is 9.97 Å². The Hall–Kier alpha value is -2.58. The van der Waals surface area contributed by atoms with E-state index in [1.54, 1.807) is 23.2 Å². The molecule has 2 aliphatic rings. The molecule has 2 saturated heterocycles. The van der Waals surface area contributed by atoms with E-state index in [9.17, 15) is 9.18 Å². The lowest BCUT2D eigenvalue weighted by Crippen LogP contribution is -2.42. The van der Waals surface area contributed by atoms with Gasteiger partial charge in [-0.15, -0.1) is 0 Å². The first-order valence-electron chi connectivity index (χ1n) is 9.02. The average molecular weight is 372 g/mol. The molecule has 0 unspecified atom stereocenters. The van der Waals surface area contributed by atoms with Gasteiger partial charge < -0.3 is 19.3 Å². The lowest BCUT2D eigenvalue weighted by Gasteiger charge is -2.34. The molecule has 2 aromatic rings. The first kappa shape index (κ1) is 17.8. The van der Waals surface area contributed by atoms with Gasteiger partial charge in [0.05, 0.1) is 32.2 Å². The fourth-order valence-electron chi connectivity index (χ4n) is 3.28. The van der Waals surface area contributed by atoms with Crippen LogP contribution >= 0.6 is 0 Å². The highest BCUT2D eigenvalue weighted by molar-refractivity contribution is 5.92. The van der Waals surface area contributed by atoms with Gasteiger partial charge in [0.2, 0.25) is 0 Å². The minimum absolute atomic E-state index is 0.129. The average Bonchev–Trinajstić information content (AvgIpc) is 2.74. The Bertz CT molecular complexity index is 796. The molecular weight excluding hydrogens is 351 g/mol. The van der Waals surface area contributed by atoms with Crippen LogP contribution in [0, 0.1) is 5.82 Å². The van der Waals surface area contributed by atoms with Gasteiger partial charge in [-0.2, -0.15) is 0 Å². The lowest BCUT2D eigenvalue weighted by molar-refractivity contribution is 0.0298. The minimum atomic E-state index is -0.272. The molecule has 1 aromatic carbocycles. The summed E-state index contributed by atoms with van der Waals surface area (Å²) in [5.74, 6) is 0.243. The van der Waals surface area contributed by atoms with Gasteiger partial charge in [-0.1, -0.05) is 12.1 Å². The first-order chi connectivity index (χ1) is 13.2. The van der Waals surface area contributed by atoms with E-state index in [1.165, 1.54) is 18.3 Å². The number of halogens is 1. The standard InChI is InChI=1S/C19H21FN4O3/c20-15-3-1-14(2-4-15)17-13-24(7-10-27-17)18-12-21-11-16(22-18)19(25)23-5-8-26-9-6-23/h1-4,11-12,17H,5-10,13H2/t17-/m1/s1. The molecule has 0 aliphatic carbocycles. The monoisotopic (exact) mass is 372 g/mol. The minimum Gasteiger partial charge on any atom is -0.378 e. The van der Waals surface area contributed by atoms with Crippen molar-refractivity contribution in [3.05, 3.63) is 53.7 Å². The quantitative estimate of drug-likeness (QED) is 0.817. The Morgan fingerprint density at radius 2 is 1.85 bits per heavy atom. The molecule has 27 heavy (non-hydrogen) atoms. The number of ether oxygens (including phenoxy) is 2. The zero-order valence-electron chi connectivity index (χ0n) is 14.9. The van der Waals surface area contributed by atoms with Crippen LogP contribution in [0.1, 0.15) is 22.2 Å². The summed E-state index contributed by atoms with van der Waals surface area (Å²) in [6.07, 6.45) is 2.97. The summed E-state index contributed by atoms with van der Waals surface area (Å²) in [7, 11) is 0. The summed E-state index contributed by atoms with van der Waals surface area (Å²) < 4.78 is 24.3. The van der Waals surface area contributed by atoms with E-state index in [4.69, 9.17) is 9.47 Å². The van der Waals surface area contributed by atoms with Crippen molar-refractivity contribution in [3.63, 3.8) is 0 Å². The molecule has 8 heteroatoms. The lowest BCUT2D eigenvalue weighted by atomic mass is 10.1. The third-order valence-electron chi connectivity index (χ3n) is 4.77. The second-order valence-corrected chi connectivity index (χ2v) is 6.52. The Labute approximate surface area is 156 Å². The topological polar surface area (TPSA) is 67.8 Å². The molecule has 7 nitrogen and oxygen atoms in total. The second kappa shape index (κ2) is 7.98. The summed E-state index contributed by atoms with van der Waals surface area (Å²) in [5, 5.41) is 0. The van der Waals surface area contributed by atoms with E-state index in [-0.39, 0.29) is 17.8 Å². The van der Waals surface area contributed by atoms with Crippen molar-refractivity contribution in [2.75, 3.05) is 50.9 Å². The zero-order chi connectivity index (χ0) is 18.6. The third-order valence-corrected chi connectivity index (χ3v) is 4.77. The van der Waals surface area contributed by atoms with Crippen molar-refractivity contribution >= 4 is 11.7 Å². The number of aromatic nitrogens is 2. The number of nitrogens with zero attached hydrogens (tertiary/aromatic N) is 4. The highest BCUT2D eigenvalue weighted by Crippen LogP contribution is 2.25. The maximum absolute atomic E-state index is 13.2. The Kier molecular flexibility index (Phi) is 5.26. The second-order valence-electron chi connectivity index (χ2n) is 6.52. The summed E-state index contributed by atoms with van der Waals surface area (Å²) in [5.41, 5.74) is 1.24. The number of carbonyl (C=O) groups excluding carboxylic acids is 1. The highest BCUT2D eigenvalue weighted by atomic mass is 19.1. The maximum Gasteiger partial charge on any atom is 0.274 e. The van der Waals surface area contributed by atoms with Gasteiger partial charge in [-0.3, -0.25) is 9.78 Å². The van der Waals surface area contributed by atoms with Crippen LogP contribution in [-0.4, -0.2) is 66.8 Å². The molecule has 0 N–H and O–H groups in total. The van der Waals surface area contributed by atoms with Crippen LogP contribution in [0.3, 0.4) is 0 Å². The molecule has 2 fully saturated rings. The highest BCUT2D eigenvalue weighted by Gasteiger charge is 2.25. The van der Waals surface area contributed by atoms with E-state index in [1.807, 2.05) is 4.90 Å². The predicted molar refractivity (Wildman–Crippen MR) is 96.1 cm³/mol. The van der Waals surface area contributed by atoms with Crippen LogP contribution in [0.15, 0.2) is 36.7 Å². The Morgan fingerprint density at radius 3 is 2.63 bits per heavy atom. The Morgan fingerprint density at radius 1 is 1.07 bits per heavy atom. The SMILES string of the molecule is O=C(c1cncc(N2CCO[C@@H](c3ccc(F)cc3)C2)n1)N1CCOCC1. The molecule has 3 heterocycles. The summed E-state index contributed by atoms with van der Waals surface area (Å²) in [6, 6.07) is 6.32. The summed E-state index contributed by atoms with van der Waals surface area (Å²) in [4.78, 5) is 25.2. The predicted octanol–water partition coefficient (Wildman–Crippen LogP) is 1.67. The van der Waals surface area contributed by atoms with Crippen molar-refractivity contribution in [1.82, 2.24) is 14.9 Å². The number of amides is 1. The molecule has 0 bridgehead atoms. The zero-order valence-corrected chi connectivity index (χ0v) is 14.9. The fourth-order valence-corrected chi connectivity index (χ4v) is 3.28. The number of anilines is 1. The molecule has 4 rings (SSSR count). The van der Waals surface area contributed by atoms with Gasteiger partial charge >= 0.3 is 0 Å². The van der Waals surface area contributed by atoms with Gasteiger partial charge in [0, 0.05) is 26.2 Å². The normalized spacial score (nSPS) is 20.6. The molecule has 1 amide bonds. The molecule has 2 aliphatic heterocycles. The molecule has 142 valence electrons. The summed E-state index contributed by atoms with van der Waals surface area (Å²) in [6.45, 7) is 3.95. The smallest absolute Gasteiger partial charge is 0.274 e. The van der Waals surface area contributed by atoms with Crippen molar-refractivity contribution < 1.29 is 18.7 Å². The summed E-state index contributed by atoms with van der Waals surface area (Å²) >= 11 is 0. The van der Waals surface area contributed by atoms with Crippen LogP contribution in [0.4, 0.5) is 10.2 Å². The number of hydrogen-bond donors (Lipinski definition) is 0. The van der Waals surface area contributed by atoms with Gasteiger partial charge in [0.15, 0.2) is 0 Å². The number of carbonyl (C=O) groups is 1. The van der Waals surface area contributed by atoms with E-state index in [0.717, 1.165) is 5.56 Å². The van der Waals surface area contributed by atoms with Crippen LogP contribution in [-0.2, 0) is 9.47 Å². The van der Waals surface area contributed by atoms with Crippen molar-refractivity contribution in [3.8, 4) is 0 Å². The van der Waals surface area contributed by atoms with Gasteiger partial charge in [0.1, 0.15) is 23.4 Å². The largest absolute Gasteiger partial charge is 0.378 e. The molecule has 1 aromatic heterocycles. The van der Waals surface area contributed by atoms with Crippen LogP contribution < -0.4 is 4.90 Å². The van der Waals surface area contributed by atoms with Gasteiger partial charge in [-0.25, -0.2) is 9.37 Å². The maximum atomic E-state index is 13.2. The van der Waals surface area contributed by atoms with Crippen molar-refractivity contribution in [1.29, 1.82) is 0 Å². The van der Waals surface area contributed by atoms with Crippen molar-refractivity contribution in [2.45, 2.75) is 6.10 Å². The number of hydrogen-bond acceptors (Lipinski definition) is 6. The number of benzene rings is 1.